The highest BCUT2D eigenvalue weighted by atomic mass is 32.1. The van der Waals surface area contributed by atoms with E-state index in [1.165, 1.54) is 11.3 Å². The Balaban J connectivity index is 2.28. The molecule has 0 aliphatic carbocycles. The zero-order chi connectivity index (χ0) is 13.9. The van der Waals surface area contributed by atoms with Crippen molar-refractivity contribution in [2.24, 2.45) is 0 Å². The van der Waals surface area contributed by atoms with Crippen LogP contribution in [0, 0.1) is 0 Å². The molecule has 2 aromatic rings. The first-order valence-electron chi connectivity index (χ1n) is 5.95. The SMILES string of the molecule is CCOC(=O)C(C)(C)c1csc(-c2cnccn2)n1. The molecule has 19 heavy (non-hydrogen) atoms. The quantitative estimate of drug-likeness (QED) is 0.803. The molecule has 0 saturated heterocycles. The fourth-order valence-corrected chi connectivity index (χ4v) is 2.45. The van der Waals surface area contributed by atoms with Crippen molar-refractivity contribution in [3.05, 3.63) is 29.7 Å². The van der Waals surface area contributed by atoms with Crippen molar-refractivity contribution in [2.75, 3.05) is 6.61 Å². The number of hydrogen-bond acceptors (Lipinski definition) is 6. The summed E-state index contributed by atoms with van der Waals surface area (Å²) in [5, 5.41) is 2.61. The zero-order valence-electron chi connectivity index (χ0n) is 11.1. The van der Waals surface area contributed by atoms with Gasteiger partial charge in [0.25, 0.3) is 0 Å². The molecule has 0 aliphatic rings. The zero-order valence-corrected chi connectivity index (χ0v) is 11.9. The van der Waals surface area contributed by atoms with Crippen LogP contribution in [-0.2, 0) is 14.9 Å². The molecule has 0 amide bonds. The average molecular weight is 277 g/mol. The third kappa shape index (κ3) is 2.78. The number of nitrogens with zero attached hydrogens (tertiary/aromatic N) is 3. The van der Waals surface area contributed by atoms with E-state index >= 15 is 0 Å². The molecule has 2 aromatic heterocycles. The van der Waals surface area contributed by atoms with Crippen LogP contribution in [0.1, 0.15) is 26.5 Å². The van der Waals surface area contributed by atoms with Gasteiger partial charge in [0, 0.05) is 17.8 Å². The molecule has 0 fully saturated rings. The molecule has 2 rings (SSSR count). The van der Waals surface area contributed by atoms with Crippen molar-refractivity contribution in [1.82, 2.24) is 15.0 Å². The van der Waals surface area contributed by atoms with Crippen LogP contribution in [0.15, 0.2) is 24.0 Å². The summed E-state index contributed by atoms with van der Waals surface area (Å²) in [5.41, 5.74) is 0.641. The highest BCUT2D eigenvalue weighted by Gasteiger charge is 2.34. The molecule has 0 bridgehead atoms. The molecular formula is C13H15N3O2S. The van der Waals surface area contributed by atoms with Crippen LogP contribution in [0.3, 0.4) is 0 Å². The molecule has 6 heteroatoms. The van der Waals surface area contributed by atoms with Gasteiger partial charge in [0.2, 0.25) is 0 Å². The van der Waals surface area contributed by atoms with E-state index in [4.69, 9.17) is 4.74 Å². The number of rotatable bonds is 4. The summed E-state index contributed by atoms with van der Waals surface area (Å²) in [6, 6.07) is 0. The second-order valence-corrected chi connectivity index (χ2v) is 5.33. The Kier molecular flexibility index (Phi) is 3.90. The molecule has 0 radical (unpaired) electrons. The monoisotopic (exact) mass is 277 g/mol. The smallest absolute Gasteiger partial charge is 0.317 e. The van der Waals surface area contributed by atoms with Gasteiger partial charge < -0.3 is 4.74 Å². The molecule has 0 N–H and O–H groups in total. The van der Waals surface area contributed by atoms with Gasteiger partial charge in [-0.15, -0.1) is 11.3 Å². The third-order valence-corrected chi connectivity index (χ3v) is 3.58. The van der Waals surface area contributed by atoms with Crippen LogP contribution < -0.4 is 0 Å². The van der Waals surface area contributed by atoms with Gasteiger partial charge in [-0.05, 0) is 20.8 Å². The summed E-state index contributed by atoms with van der Waals surface area (Å²) in [6.07, 6.45) is 4.88. The van der Waals surface area contributed by atoms with E-state index in [1.807, 2.05) is 5.38 Å². The molecule has 0 aliphatic heterocycles. The lowest BCUT2D eigenvalue weighted by atomic mass is 9.90. The summed E-state index contributed by atoms with van der Waals surface area (Å²) in [4.78, 5) is 24.6. The van der Waals surface area contributed by atoms with Crippen molar-refractivity contribution in [3.63, 3.8) is 0 Å². The second-order valence-electron chi connectivity index (χ2n) is 4.47. The lowest BCUT2D eigenvalue weighted by molar-refractivity contribution is -0.148. The highest BCUT2D eigenvalue weighted by molar-refractivity contribution is 7.13. The van der Waals surface area contributed by atoms with Crippen molar-refractivity contribution in [2.45, 2.75) is 26.2 Å². The van der Waals surface area contributed by atoms with E-state index in [9.17, 15) is 4.79 Å². The van der Waals surface area contributed by atoms with Crippen molar-refractivity contribution in [3.8, 4) is 10.7 Å². The van der Waals surface area contributed by atoms with Gasteiger partial charge in [0.15, 0.2) is 0 Å². The minimum atomic E-state index is -0.757. The number of carbonyl (C=O) groups excluding carboxylic acids is 1. The fourth-order valence-electron chi connectivity index (χ4n) is 1.50. The summed E-state index contributed by atoms with van der Waals surface area (Å²) >= 11 is 1.44. The van der Waals surface area contributed by atoms with Gasteiger partial charge in [-0.2, -0.15) is 0 Å². The molecule has 100 valence electrons. The van der Waals surface area contributed by atoms with Gasteiger partial charge in [-0.25, -0.2) is 4.98 Å². The van der Waals surface area contributed by atoms with E-state index in [-0.39, 0.29) is 5.97 Å². The maximum atomic E-state index is 11.9. The second kappa shape index (κ2) is 5.44. The minimum absolute atomic E-state index is 0.272. The van der Waals surface area contributed by atoms with Gasteiger partial charge >= 0.3 is 5.97 Å². The summed E-state index contributed by atoms with van der Waals surface area (Å²) in [5.74, 6) is -0.272. The molecule has 0 spiro atoms. The number of hydrogen-bond donors (Lipinski definition) is 0. The topological polar surface area (TPSA) is 65.0 Å². The Labute approximate surface area is 115 Å². The van der Waals surface area contributed by atoms with Gasteiger partial charge in [0.05, 0.1) is 18.5 Å². The van der Waals surface area contributed by atoms with E-state index in [0.717, 1.165) is 5.01 Å². The normalized spacial score (nSPS) is 11.3. The van der Waals surface area contributed by atoms with Gasteiger partial charge in [0.1, 0.15) is 16.1 Å². The Morgan fingerprint density at radius 3 is 2.84 bits per heavy atom. The molecule has 2 heterocycles. The predicted molar refractivity (Wildman–Crippen MR) is 72.8 cm³/mol. The van der Waals surface area contributed by atoms with Crippen LogP contribution in [0.2, 0.25) is 0 Å². The van der Waals surface area contributed by atoms with Crippen molar-refractivity contribution < 1.29 is 9.53 Å². The Bertz CT molecular complexity index is 566. The number of carbonyl (C=O) groups is 1. The summed E-state index contributed by atoms with van der Waals surface area (Å²) in [6.45, 7) is 5.77. The standard InChI is InChI=1S/C13H15N3O2S/c1-4-18-12(17)13(2,3)10-8-19-11(16-10)9-7-14-5-6-15-9/h5-8H,4H2,1-3H3. The predicted octanol–water partition coefficient (Wildman–Crippen LogP) is 2.44. The minimum Gasteiger partial charge on any atom is -0.465 e. The van der Waals surface area contributed by atoms with Crippen LogP contribution >= 0.6 is 11.3 Å². The highest BCUT2D eigenvalue weighted by Crippen LogP contribution is 2.29. The van der Waals surface area contributed by atoms with E-state index < -0.39 is 5.41 Å². The van der Waals surface area contributed by atoms with Crippen LogP contribution in [-0.4, -0.2) is 27.5 Å². The number of aromatic nitrogens is 3. The molecule has 0 atom stereocenters. The first-order chi connectivity index (χ1) is 9.05. The molecule has 5 nitrogen and oxygen atoms in total. The van der Waals surface area contributed by atoms with Crippen LogP contribution in [0.4, 0.5) is 0 Å². The van der Waals surface area contributed by atoms with Crippen LogP contribution in [0.5, 0.6) is 0 Å². The first kappa shape index (κ1) is 13.6. The Morgan fingerprint density at radius 1 is 1.42 bits per heavy atom. The fraction of sp³-hybridized carbons (Fsp3) is 0.385. The van der Waals surface area contributed by atoms with Crippen molar-refractivity contribution in [1.29, 1.82) is 0 Å². The Morgan fingerprint density at radius 2 is 2.21 bits per heavy atom. The first-order valence-corrected chi connectivity index (χ1v) is 6.83. The van der Waals surface area contributed by atoms with E-state index in [0.29, 0.717) is 18.0 Å². The van der Waals surface area contributed by atoms with E-state index in [1.54, 1.807) is 39.4 Å². The number of thiazole rings is 1. The average Bonchev–Trinajstić information content (AvgIpc) is 2.90. The molecule has 0 unspecified atom stereocenters. The lowest BCUT2D eigenvalue weighted by Crippen LogP contribution is -2.31. The number of esters is 1. The van der Waals surface area contributed by atoms with Crippen molar-refractivity contribution >= 4 is 17.3 Å². The maximum Gasteiger partial charge on any atom is 0.317 e. The summed E-state index contributed by atoms with van der Waals surface area (Å²) in [7, 11) is 0. The molecular weight excluding hydrogens is 262 g/mol. The lowest BCUT2D eigenvalue weighted by Gasteiger charge is -2.19. The Hall–Kier alpha value is -1.82. The largest absolute Gasteiger partial charge is 0.465 e. The maximum absolute atomic E-state index is 11.9. The van der Waals surface area contributed by atoms with E-state index in [2.05, 4.69) is 15.0 Å². The number of ether oxygens (including phenoxy) is 1. The van der Waals surface area contributed by atoms with Gasteiger partial charge in [-0.1, -0.05) is 0 Å². The summed E-state index contributed by atoms with van der Waals surface area (Å²) < 4.78 is 5.07. The third-order valence-electron chi connectivity index (χ3n) is 2.71. The molecule has 0 saturated carbocycles. The van der Waals surface area contributed by atoms with Gasteiger partial charge in [-0.3, -0.25) is 14.8 Å². The molecule has 0 aromatic carbocycles. The van der Waals surface area contributed by atoms with Crippen LogP contribution in [0.25, 0.3) is 10.7 Å².